The molecule has 1 aliphatic heterocycles. The van der Waals surface area contributed by atoms with Gasteiger partial charge in [0, 0.05) is 24.1 Å². The maximum absolute atomic E-state index is 11.5. The predicted molar refractivity (Wildman–Crippen MR) is 73.4 cm³/mol. The summed E-state index contributed by atoms with van der Waals surface area (Å²) in [5, 5.41) is 0. The number of benzene rings is 1. The van der Waals surface area contributed by atoms with Crippen molar-refractivity contribution in [1.82, 2.24) is 4.90 Å². The van der Waals surface area contributed by atoms with Crippen LogP contribution in [0.15, 0.2) is 24.3 Å². The first-order valence-electron chi connectivity index (χ1n) is 6.64. The summed E-state index contributed by atoms with van der Waals surface area (Å²) in [6, 6.07) is 8.40. The second-order valence-corrected chi connectivity index (χ2v) is 5.15. The fourth-order valence-electron chi connectivity index (χ4n) is 2.35. The molecule has 4 heteroatoms. The predicted octanol–water partition coefficient (Wildman–Crippen LogP) is 2.05. The van der Waals surface area contributed by atoms with Crippen molar-refractivity contribution < 1.29 is 14.3 Å². The first-order chi connectivity index (χ1) is 9.11. The SMILES string of the molecule is COC(=O)CN(CC1COc2ccccc21)C(C)C. The highest BCUT2D eigenvalue weighted by molar-refractivity contribution is 5.71. The van der Waals surface area contributed by atoms with E-state index in [4.69, 9.17) is 9.47 Å². The van der Waals surface area contributed by atoms with Crippen LogP contribution in [0.5, 0.6) is 5.75 Å². The van der Waals surface area contributed by atoms with Gasteiger partial charge in [-0.2, -0.15) is 0 Å². The lowest BCUT2D eigenvalue weighted by molar-refractivity contribution is -0.142. The molecule has 2 rings (SSSR count). The van der Waals surface area contributed by atoms with Crippen molar-refractivity contribution in [3.8, 4) is 5.75 Å². The zero-order valence-corrected chi connectivity index (χ0v) is 11.8. The molecule has 1 aromatic rings. The van der Waals surface area contributed by atoms with Crippen LogP contribution < -0.4 is 4.74 Å². The maximum atomic E-state index is 11.5. The summed E-state index contributed by atoms with van der Waals surface area (Å²) in [6.45, 7) is 6.00. The molecular formula is C15H21NO3. The van der Waals surface area contributed by atoms with Gasteiger partial charge in [-0.1, -0.05) is 18.2 Å². The summed E-state index contributed by atoms with van der Waals surface area (Å²) in [7, 11) is 1.43. The standard InChI is InChI=1S/C15H21NO3/c1-11(2)16(9-15(17)18-3)8-12-10-19-14-7-5-4-6-13(12)14/h4-7,11-12H,8-10H2,1-3H3. The van der Waals surface area contributed by atoms with E-state index < -0.39 is 0 Å². The van der Waals surface area contributed by atoms with E-state index >= 15 is 0 Å². The van der Waals surface area contributed by atoms with E-state index in [0.29, 0.717) is 25.1 Å². The smallest absolute Gasteiger partial charge is 0.319 e. The minimum Gasteiger partial charge on any atom is -0.493 e. The molecule has 1 heterocycles. The third-order valence-electron chi connectivity index (χ3n) is 3.54. The zero-order valence-electron chi connectivity index (χ0n) is 11.8. The van der Waals surface area contributed by atoms with Crippen molar-refractivity contribution in [2.24, 2.45) is 0 Å². The van der Waals surface area contributed by atoms with Crippen LogP contribution in [-0.4, -0.2) is 43.7 Å². The molecule has 0 amide bonds. The Balaban J connectivity index is 2.05. The number of carbonyl (C=O) groups is 1. The molecule has 1 aliphatic rings. The van der Waals surface area contributed by atoms with Gasteiger partial charge in [0.2, 0.25) is 0 Å². The highest BCUT2D eigenvalue weighted by Crippen LogP contribution is 2.34. The molecule has 0 radical (unpaired) electrons. The molecule has 1 atom stereocenters. The lowest BCUT2D eigenvalue weighted by Crippen LogP contribution is -2.39. The number of rotatable bonds is 5. The van der Waals surface area contributed by atoms with E-state index in [0.717, 1.165) is 12.3 Å². The number of nitrogens with zero attached hydrogens (tertiary/aromatic N) is 1. The molecule has 1 unspecified atom stereocenters. The molecule has 0 aliphatic carbocycles. The lowest BCUT2D eigenvalue weighted by Gasteiger charge is -2.27. The fraction of sp³-hybridized carbons (Fsp3) is 0.533. The van der Waals surface area contributed by atoms with Gasteiger partial charge >= 0.3 is 5.97 Å². The molecule has 0 aromatic heterocycles. The minimum absolute atomic E-state index is 0.194. The van der Waals surface area contributed by atoms with Gasteiger partial charge in [-0.25, -0.2) is 0 Å². The van der Waals surface area contributed by atoms with Crippen LogP contribution >= 0.6 is 0 Å². The monoisotopic (exact) mass is 263 g/mol. The number of ether oxygens (including phenoxy) is 2. The average molecular weight is 263 g/mol. The van der Waals surface area contributed by atoms with Crippen LogP contribution in [0.3, 0.4) is 0 Å². The van der Waals surface area contributed by atoms with E-state index in [2.05, 4.69) is 24.8 Å². The first kappa shape index (κ1) is 13.9. The van der Waals surface area contributed by atoms with E-state index in [9.17, 15) is 4.79 Å². The van der Waals surface area contributed by atoms with Gasteiger partial charge in [-0.3, -0.25) is 9.69 Å². The minimum atomic E-state index is -0.194. The summed E-state index contributed by atoms with van der Waals surface area (Å²) in [6.07, 6.45) is 0. The van der Waals surface area contributed by atoms with Crippen LogP contribution in [0.4, 0.5) is 0 Å². The molecule has 0 saturated carbocycles. The Morgan fingerprint density at radius 1 is 1.47 bits per heavy atom. The Hall–Kier alpha value is -1.55. The number of esters is 1. The van der Waals surface area contributed by atoms with Crippen LogP contribution in [-0.2, 0) is 9.53 Å². The van der Waals surface area contributed by atoms with E-state index in [-0.39, 0.29) is 5.97 Å². The third kappa shape index (κ3) is 3.26. The quantitative estimate of drug-likeness (QED) is 0.762. The molecule has 4 nitrogen and oxygen atoms in total. The van der Waals surface area contributed by atoms with Crippen molar-refractivity contribution in [2.75, 3.05) is 26.8 Å². The third-order valence-corrected chi connectivity index (χ3v) is 3.54. The Bertz CT molecular complexity index is 445. The van der Waals surface area contributed by atoms with Gasteiger partial charge in [-0.15, -0.1) is 0 Å². The fourth-order valence-corrected chi connectivity index (χ4v) is 2.35. The van der Waals surface area contributed by atoms with Crippen molar-refractivity contribution in [2.45, 2.75) is 25.8 Å². The Morgan fingerprint density at radius 3 is 2.89 bits per heavy atom. The average Bonchev–Trinajstić information content (AvgIpc) is 2.81. The van der Waals surface area contributed by atoms with Crippen LogP contribution in [0.1, 0.15) is 25.3 Å². The summed E-state index contributed by atoms with van der Waals surface area (Å²) in [4.78, 5) is 13.6. The Labute approximate surface area is 114 Å². The van der Waals surface area contributed by atoms with Crippen LogP contribution in [0.25, 0.3) is 0 Å². The number of fused-ring (bicyclic) bond motifs is 1. The van der Waals surface area contributed by atoms with Gasteiger partial charge < -0.3 is 9.47 Å². The zero-order chi connectivity index (χ0) is 13.8. The van der Waals surface area contributed by atoms with Gasteiger partial charge in [-0.05, 0) is 19.9 Å². The summed E-state index contributed by atoms with van der Waals surface area (Å²) >= 11 is 0. The molecule has 0 saturated heterocycles. The second-order valence-electron chi connectivity index (χ2n) is 5.15. The van der Waals surface area contributed by atoms with Crippen molar-refractivity contribution in [3.63, 3.8) is 0 Å². The summed E-state index contributed by atoms with van der Waals surface area (Å²) in [5.74, 6) is 1.10. The van der Waals surface area contributed by atoms with E-state index in [1.165, 1.54) is 12.7 Å². The van der Waals surface area contributed by atoms with Gasteiger partial charge in [0.25, 0.3) is 0 Å². The molecular weight excluding hydrogens is 242 g/mol. The highest BCUT2D eigenvalue weighted by atomic mass is 16.5. The lowest BCUT2D eigenvalue weighted by atomic mass is 10.0. The number of para-hydroxylation sites is 1. The van der Waals surface area contributed by atoms with Gasteiger partial charge in [0.15, 0.2) is 0 Å². The Kier molecular flexibility index (Phi) is 4.43. The summed E-state index contributed by atoms with van der Waals surface area (Å²) in [5.41, 5.74) is 1.23. The van der Waals surface area contributed by atoms with Crippen molar-refractivity contribution >= 4 is 5.97 Å². The van der Waals surface area contributed by atoms with Gasteiger partial charge in [0.1, 0.15) is 5.75 Å². The largest absolute Gasteiger partial charge is 0.493 e. The van der Waals surface area contributed by atoms with Crippen LogP contribution in [0, 0.1) is 0 Å². The van der Waals surface area contributed by atoms with Gasteiger partial charge in [0.05, 0.1) is 20.3 Å². The second kappa shape index (κ2) is 6.06. The molecule has 104 valence electrons. The topological polar surface area (TPSA) is 38.8 Å². The maximum Gasteiger partial charge on any atom is 0.319 e. The van der Waals surface area contributed by atoms with E-state index in [1.54, 1.807) is 0 Å². The Morgan fingerprint density at radius 2 is 2.21 bits per heavy atom. The molecule has 19 heavy (non-hydrogen) atoms. The number of hydrogen-bond acceptors (Lipinski definition) is 4. The summed E-state index contributed by atoms with van der Waals surface area (Å²) < 4.78 is 10.4. The van der Waals surface area contributed by atoms with Crippen molar-refractivity contribution in [3.05, 3.63) is 29.8 Å². The number of hydrogen-bond donors (Lipinski definition) is 0. The molecule has 0 bridgehead atoms. The van der Waals surface area contributed by atoms with E-state index in [1.807, 2.05) is 18.2 Å². The normalized spacial score (nSPS) is 17.4. The highest BCUT2D eigenvalue weighted by Gasteiger charge is 2.27. The molecule has 0 fully saturated rings. The van der Waals surface area contributed by atoms with Crippen LogP contribution in [0.2, 0.25) is 0 Å². The molecule has 0 N–H and O–H groups in total. The molecule has 1 aromatic carbocycles. The number of methoxy groups -OCH3 is 1. The first-order valence-corrected chi connectivity index (χ1v) is 6.64. The van der Waals surface area contributed by atoms with Crippen molar-refractivity contribution in [1.29, 1.82) is 0 Å². The molecule has 0 spiro atoms. The number of carbonyl (C=O) groups excluding carboxylic acids is 1.